The van der Waals surface area contributed by atoms with Gasteiger partial charge in [-0.3, -0.25) is 0 Å². The second-order valence-corrected chi connectivity index (χ2v) is 18.1. The van der Waals surface area contributed by atoms with Crippen molar-refractivity contribution in [2.45, 2.75) is 90.2 Å². The minimum absolute atomic E-state index is 0.0795. The molecule has 2 saturated heterocycles. The molecule has 0 aliphatic carbocycles. The lowest BCUT2D eigenvalue weighted by Crippen LogP contribution is -2.53. The van der Waals surface area contributed by atoms with Crippen molar-refractivity contribution in [3.8, 4) is 28.0 Å². The van der Waals surface area contributed by atoms with Gasteiger partial charge in [-0.05, 0) is 108 Å². The summed E-state index contributed by atoms with van der Waals surface area (Å²) in [6.45, 7) is 17.6. The van der Waals surface area contributed by atoms with Crippen molar-refractivity contribution in [1.82, 2.24) is 4.31 Å². The van der Waals surface area contributed by atoms with Gasteiger partial charge in [0, 0.05) is 24.6 Å². The van der Waals surface area contributed by atoms with Crippen molar-refractivity contribution >= 4 is 16.0 Å². The molecule has 0 amide bonds. The fourth-order valence-electron chi connectivity index (χ4n) is 8.44. The zero-order valence-corrected chi connectivity index (χ0v) is 33.4. The minimum Gasteiger partial charge on any atom is -0.481 e. The monoisotopic (exact) mass is 749 g/mol. The lowest BCUT2D eigenvalue weighted by atomic mass is 9.62. The normalized spacial score (nSPS) is 20.3. The topological polar surface area (TPSA) is 93.1 Å². The first-order valence-corrected chi connectivity index (χ1v) is 20.7. The van der Waals surface area contributed by atoms with Gasteiger partial charge in [0.1, 0.15) is 5.75 Å². The maximum Gasteiger partial charge on any atom is 0.341 e. The molecule has 7 nitrogen and oxygen atoms in total. The number of piperidine rings is 1. The fraction of sp³-hybridized carbons (Fsp3) is 0.413. The summed E-state index contributed by atoms with van der Waals surface area (Å²) < 4.78 is 42.9. The summed E-state index contributed by atoms with van der Waals surface area (Å²) >= 11 is 0. The third kappa shape index (κ3) is 8.36. The van der Waals surface area contributed by atoms with Crippen LogP contribution in [0.1, 0.15) is 89.0 Å². The highest BCUT2D eigenvalue weighted by Gasteiger charge is 2.52. The summed E-state index contributed by atoms with van der Waals surface area (Å²) in [6, 6.07) is 29.7. The van der Waals surface area contributed by atoms with Crippen molar-refractivity contribution < 1.29 is 27.8 Å². The summed E-state index contributed by atoms with van der Waals surface area (Å²) in [6.07, 6.45) is 2.42. The maximum atomic E-state index is 14.0. The average molecular weight is 750 g/mol. The number of hydrogen-bond donors (Lipinski definition) is 1. The Morgan fingerprint density at radius 2 is 1.50 bits per heavy atom. The molecule has 0 bridgehead atoms. The van der Waals surface area contributed by atoms with Crippen molar-refractivity contribution in [1.29, 1.82) is 0 Å². The quantitative estimate of drug-likeness (QED) is 0.145. The lowest BCUT2D eigenvalue weighted by molar-refractivity contribution is -0.173. The lowest BCUT2D eigenvalue weighted by Gasteiger charge is -2.54. The van der Waals surface area contributed by atoms with Gasteiger partial charge in [-0.25, -0.2) is 13.2 Å². The van der Waals surface area contributed by atoms with E-state index >= 15 is 0 Å². The van der Waals surface area contributed by atoms with E-state index in [1.165, 1.54) is 5.56 Å². The number of rotatable bonds is 12. The van der Waals surface area contributed by atoms with Gasteiger partial charge in [0.2, 0.25) is 10.0 Å². The van der Waals surface area contributed by atoms with Gasteiger partial charge < -0.3 is 14.6 Å². The van der Waals surface area contributed by atoms with Gasteiger partial charge in [-0.1, -0.05) is 113 Å². The number of sulfonamides is 1. The molecule has 0 radical (unpaired) electrons. The second kappa shape index (κ2) is 16.2. The number of benzene rings is 4. The molecule has 8 heteroatoms. The maximum absolute atomic E-state index is 14.0. The number of hydrogen-bond acceptors (Lipinski definition) is 5. The predicted octanol–water partition coefficient (Wildman–Crippen LogP) is 10.5. The Hall–Kier alpha value is -4.24. The van der Waals surface area contributed by atoms with Crippen LogP contribution in [0.4, 0.5) is 0 Å². The Kier molecular flexibility index (Phi) is 11.9. The molecule has 2 aliphatic heterocycles. The summed E-state index contributed by atoms with van der Waals surface area (Å²) in [4.78, 5) is 12.1. The van der Waals surface area contributed by atoms with Crippen LogP contribution in [-0.2, 0) is 19.6 Å². The molecule has 2 fully saturated rings. The van der Waals surface area contributed by atoms with Gasteiger partial charge in [-0.15, -0.1) is 0 Å². The molecule has 0 saturated carbocycles. The number of aliphatic carboxylic acids is 1. The zero-order chi connectivity index (χ0) is 38.8. The molecule has 286 valence electrons. The second-order valence-electron chi connectivity index (χ2n) is 16.2. The summed E-state index contributed by atoms with van der Waals surface area (Å²) in [7, 11) is -3.69. The van der Waals surface area contributed by atoms with Gasteiger partial charge in [0.05, 0.1) is 17.1 Å². The molecule has 2 heterocycles. The smallest absolute Gasteiger partial charge is 0.341 e. The molecular weight excluding hydrogens is 695 g/mol. The van der Waals surface area contributed by atoms with E-state index in [0.717, 1.165) is 51.8 Å². The minimum atomic E-state index is -3.69. The first-order valence-electron chi connectivity index (χ1n) is 19.2. The molecule has 3 atom stereocenters. The van der Waals surface area contributed by atoms with Crippen LogP contribution in [0, 0.1) is 24.2 Å². The highest BCUT2D eigenvalue weighted by molar-refractivity contribution is 7.89. The molecule has 0 aromatic heterocycles. The molecule has 1 N–H and O–H groups in total. The van der Waals surface area contributed by atoms with Crippen LogP contribution in [-0.4, -0.2) is 49.6 Å². The number of carboxylic acids is 1. The van der Waals surface area contributed by atoms with E-state index in [1.807, 2.05) is 62.4 Å². The van der Waals surface area contributed by atoms with Crippen molar-refractivity contribution in [2.24, 2.45) is 17.3 Å². The predicted molar refractivity (Wildman–Crippen MR) is 216 cm³/mol. The van der Waals surface area contributed by atoms with Gasteiger partial charge in [0.15, 0.2) is 6.61 Å². The van der Waals surface area contributed by atoms with E-state index < -0.39 is 28.7 Å². The van der Waals surface area contributed by atoms with Crippen LogP contribution in [0.3, 0.4) is 0 Å². The third-order valence-corrected chi connectivity index (χ3v) is 13.4. The summed E-state index contributed by atoms with van der Waals surface area (Å²) in [5, 5.41) is 9.66. The van der Waals surface area contributed by atoms with Crippen LogP contribution in [0.25, 0.3) is 22.3 Å². The molecule has 4 aromatic carbocycles. The Morgan fingerprint density at radius 1 is 0.907 bits per heavy atom. The Balaban J connectivity index is 1.29. The number of carboxylic acid groups (broad SMARTS) is 1. The van der Waals surface area contributed by atoms with Gasteiger partial charge in [0.25, 0.3) is 0 Å². The molecular formula is C46H55NO6S. The number of ether oxygens (including phenoxy) is 2. The van der Waals surface area contributed by atoms with Crippen LogP contribution in [0.2, 0.25) is 0 Å². The highest BCUT2D eigenvalue weighted by Crippen LogP contribution is 2.56. The first-order chi connectivity index (χ1) is 25.7. The standard InChI is InChI=1S/C46H55NO6S/c1-30(2)25-42-46(21-23-47(24-22-46)54(50,51)39-19-17-36(18-20-39)35-11-9-8-10-12-35)28-40(32(5)6)45(53-42)44-33(7)26-38(27-41(44)52-29-43(48)49)37-15-13-34(14-16-37)31(3)4/h8-20,26-27,30-31,40,42,45H,5,21-25,28-29H2,1-4,6-7H3,(H,48,49)/t40-,42+,45+/m0/s1. The van der Waals surface area contributed by atoms with Crippen LogP contribution in [0.5, 0.6) is 5.75 Å². The molecule has 6 rings (SSSR count). The highest BCUT2D eigenvalue weighted by atomic mass is 32.2. The summed E-state index contributed by atoms with van der Waals surface area (Å²) in [5.41, 5.74) is 7.81. The summed E-state index contributed by atoms with van der Waals surface area (Å²) in [5.74, 6) is 0.145. The molecule has 54 heavy (non-hydrogen) atoms. The zero-order valence-electron chi connectivity index (χ0n) is 32.5. The average Bonchev–Trinajstić information content (AvgIpc) is 3.15. The molecule has 2 aliphatic rings. The van der Waals surface area contributed by atoms with Crippen molar-refractivity contribution in [3.05, 3.63) is 120 Å². The molecule has 4 aromatic rings. The fourth-order valence-corrected chi connectivity index (χ4v) is 9.88. The van der Waals surface area contributed by atoms with E-state index in [4.69, 9.17) is 9.47 Å². The number of nitrogens with zero attached hydrogens (tertiary/aromatic N) is 1. The van der Waals surface area contributed by atoms with Crippen LogP contribution >= 0.6 is 0 Å². The van der Waals surface area contributed by atoms with E-state index in [2.05, 4.69) is 64.6 Å². The van der Waals surface area contributed by atoms with Crippen molar-refractivity contribution in [2.75, 3.05) is 19.7 Å². The van der Waals surface area contributed by atoms with Gasteiger partial charge in [-0.2, -0.15) is 4.31 Å². The van der Waals surface area contributed by atoms with Crippen LogP contribution < -0.4 is 4.74 Å². The van der Waals surface area contributed by atoms with E-state index in [-0.39, 0.29) is 17.4 Å². The Morgan fingerprint density at radius 3 is 2.07 bits per heavy atom. The van der Waals surface area contributed by atoms with E-state index in [9.17, 15) is 18.3 Å². The first kappa shape index (κ1) is 39.5. The number of aryl methyl sites for hydroxylation is 1. The Labute approximate surface area is 322 Å². The molecule has 0 unspecified atom stereocenters. The SMILES string of the molecule is C=C(C)[C@@H]1CC2(CCN(S(=O)(=O)c3ccc(-c4ccccc4)cc3)CC2)[C@@H](CC(C)C)O[C@H]1c1c(C)cc(-c2ccc(C(C)C)cc2)cc1OCC(=O)O. The van der Waals surface area contributed by atoms with Gasteiger partial charge >= 0.3 is 5.97 Å². The Bertz CT molecular complexity index is 2050. The number of carbonyl (C=O) groups is 1. The largest absolute Gasteiger partial charge is 0.481 e. The third-order valence-electron chi connectivity index (χ3n) is 11.5. The van der Waals surface area contributed by atoms with E-state index in [0.29, 0.717) is 48.4 Å². The van der Waals surface area contributed by atoms with E-state index in [1.54, 1.807) is 16.4 Å². The van der Waals surface area contributed by atoms with Crippen molar-refractivity contribution in [3.63, 3.8) is 0 Å². The van der Waals surface area contributed by atoms with Crippen LogP contribution in [0.15, 0.2) is 108 Å². The molecule has 1 spiro atoms.